The molecule has 1 aliphatic rings. The number of carbonyl (C=O) groups is 1. The number of sulfonamides is 1. The third-order valence-electron chi connectivity index (χ3n) is 4.67. The zero-order valence-corrected chi connectivity index (χ0v) is 17.3. The zero-order valence-electron chi connectivity index (χ0n) is 16.5. The van der Waals surface area contributed by atoms with Gasteiger partial charge in [-0.3, -0.25) is 4.79 Å². The molecule has 0 spiro atoms. The first-order valence-electron chi connectivity index (χ1n) is 9.48. The molecule has 0 radical (unpaired) electrons. The Labute approximate surface area is 166 Å². The van der Waals surface area contributed by atoms with Gasteiger partial charge in [-0.05, 0) is 63.9 Å². The van der Waals surface area contributed by atoms with Gasteiger partial charge in [0.15, 0.2) is 0 Å². The fraction of sp³-hybridized carbons (Fsp3) is 0.381. The van der Waals surface area contributed by atoms with Gasteiger partial charge in [-0.25, -0.2) is 8.42 Å². The van der Waals surface area contributed by atoms with Crippen LogP contribution in [0, 0.1) is 13.8 Å². The minimum absolute atomic E-state index is 0.0921. The Hall–Kier alpha value is -2.38. The molecule has 6 nitrogen and oxygen atoms in total. The lowest BCUT2D eigenvalue weighted by atomic mass is 10.1. The van der Waals surface area contributed by atoms with Crippen LogP contribution in [-0.2, 0) is 10.0 Å². The normalized spacial score (nSPS) is 14.8. The van der Waals surface area contributed by atoms with Crippen LogP contribution in [0.15, 0.2) is 41.3 Å². The highest BCUT2D eigenvalue weighted by atomic mass is 32.2. The molecule has 1 aliphatic heterocycles. The number of hydrogen-bond donors (Lipinski definition) is 1. The number of ether oxygens (including phenoxy) is 1. The number of amides is 1. The van der Waals surface area contributed by atoms with E-state index >= 15 is 0 Å². The lowest BCUT2D eigenvalue weighted by Crippen LogP contribution is -2.28. The summed E-state index contributed by atoms with van der Waals surface area (Å²) in [6.07, 6.45) is 1.71. The van der Waals surface area contributed by atoms with Crippen molar-refractivity contribution in [2.75, 3.05) is 25.0 Å². The molecule has 1 amide bonds. The van der Waals surface area contributed by atoms with Gasteiger partial charge in [0.2, 0.25) is 10.0 Å². The number of nitrogens with one attached hydrogen (secondary N) is 1. The van der Waals surface area contributed by atoms with Gasteiger partial charge < -0.3 is 10.1 Å². The molecule has 0 saturated carbocycles. The SMILES string of the molecule is CCOc1ccc(NC(=O)c2cc(C)cc(C)c2)cc1S(=O)(=O)N1CCCC1. The molecule has 2 aromatic carbocycles. The van der Waals surface area contributed by atoms with E-state index in [9.17, 15) is 13.2 Å². The molecule has 0 unspecified atom stereocenters. The smallest absolute Gasteiger partial charge is 0.255 e. The fourth-order valence-electron chi connectivity index (χ4n) is 3.44. The molecule has 1 N–H and O–H groups in total. The van der Waals surface area contributed by atoms with Crippen LogP contribution in [0.2, 0.25) is 0 Å². The maximum Gasteiger partial charge on any atom is 0.255 e. The van der Waals surface area contributed by atoms with Gasteiger partial charge in [-0.15, -0.1) is 0 Å². The maximum atomic E-state index is 13.1. The average Bonchev–Trinajstić information content (AvgIpc) is 3.18. The van der Waals surface area contributed by atoms with Crippen molar-refractivity contribution in [3.05, 3.63) is 53.1 Å². The average molecular weight is 403 g/mol. The van der Waals surface area contributed by atoms with E-state index < -0.39 is 10.0 Å². The Kier molecular flexibility index (Phi) is 6.05. The summed E-state index contributed by atoms with van der Waals surface area (Å²) in [5, 5.41) is 2.81. The largest absolute Gasteiger partial charge is 0.492 e. The van der Waals surface area contributed by atoms with Crippen molar-refractivity contribution in [2.24, 2.45) is 0 Å². The second-order valence-electron chi connectivity index (χ2n) is 7.04. The van der Waals surface area contributed by atoms with Crippen molar-refractivity contribution >= 4 is 21.6 Å². The van der Waals surface area contributed by atoms with E-state index in [1.165, 1.54) is 10.4 Å². The molecule has 0 aromatic heterocycles. The molecule has 0 aliphatic carbocycles. The Morgan fingerprint density at radius 2 is 1.71 bits per heavy atom. The van der Waals surface area contributed by atoms with Gasteiger partial charge in [-0.1, -0.05) is 17.2 Å². The fourth-order valence-corrected chi connectivity index (χ4v) is 5.11. The van der Waals surface area contributed by atoms with Gasteiger partial charge in [0.05, 0.1) is 6.61 Å². The minimum atomic E-state index is -3.67. The Bertz CT molecular complexity index is 960. The molecule has 1 heterocycles. The molecular formula is C21H26N2O4S. The number of nitrogens with zero attached hydrogens (tertiary/aromatic N) is 1. The molecule has 0 atom stereocenters. The summed E-state index contributed by atoms with van der Waals surface area (Å²) in [5.41, 5.74) is 2.95. The predicted octanol–water partition coefficient (Wildman–Crippen LogP) is 3.74. The second-order valence-corrected chi connectivity index (χ2v) is 8.94. The van der Waals surface area contributed by atoms with Crippen molar-refractivity contribution in [3.8, 4) is 5.75 Å². The van der Waals surface area contributed by atoms with E-state index in [2.05, 4.69) is 5.32 Å². The molecule has 1 fully saturated rings. The summed E-state index contributed by atoms with van der Waals surface area (Å²) < 4.78 is 33.1. The van der Waals surface area contributed by atoms with Crippen molar-refractivity contribution < 1.29 is 17.9 Å². The highest BCUT2D eigenvalue weighted by Gasteiger charge is 2.30. The van der Waals surface area contributed by atoms with E-state index in [1.807, 2.05) is 26.8 Å². The van der Waals surface area contributed by atoms with Crippen LogP contribution < -0.4 is 10.1 Å². The van der Waals surface area contributed by atoms with Crippen LogP contribution >= 0.6 is 0 Å². The number of aryl methyl sites for hydroxylation is 2. The van der Waals surface area contributed by atoms with Crippen LogP contribution in [0.4, 0.5) is 5.69 Å². The van der Waals surface area contributed by atoms with E-state index in [-0.39, 0.29) is 10.8 Å². The summed E-state index contributed by atoms with van der Waals surface area (Å²) in [7, 11) is -3.67. The lowest BCUT2D eigenvalue weighted by molar-refractivity contribution is 0.102. The number of anilines is 1. The highest BCUT2D eigenvalue weighted by Crippen LogP contribution is 2.31. The summed E-state index contributed by atoms with van der Waals surface area (Å²) >= 11 is 0. The molecular weight excluding hydrogens is 376 g/mol. The van der Waals surface area contributed by atoms with E-state index in [4.69, 9.17) is 4.74 Å². The number of rotatable bonds is 6. The summed E-state index contributed by atoms with van der Waals surface area (Å²) in [5.74, 6) is 0.0271. The molecule has 2 aromatic rings. The lowest BCUT2D eigenvalue weighted by Gasteiger charge is -2.19. The zero-order chi connectivity index (χ0) is 20.3. The summed E-state index contributed by atoms with van der Waals surface area (Å²) in [4.78, 5) is 12.7. The first kappa shape index (κ1) is 20.4. The third kappa shape index (κ3) is 4.36. The van der Waals surface area contributed by atoms with Gasteiger partial charge >= 0.3 is 0 Å². The van der Waals surface area contributed by atoms with E-state index in [1.54, 1.807) is 24.3 Å². The van der Waals surface area contributed by atoms with Crippen molar-refractivity contribution in [1.29, 1.82) is 0 Å². The van der Waals surface area contributed by atoms with Crippen LogP contribution in [0.1, 0.15) is 41.3 Å². The van der Waals surface area contributed by atoms with Crippen LogP contribution in [0.3, 0.4) is 0 Å². The monoisotopic (exact) mass is 402 g/mol. The molecule has 0 bridgehead atoms. The van der Waals surface area contributed by atoms with Crippen LogP contribution in [-0.4, -0.2) is 38.3 Å². The highest BCUT2D eigenvalue weighted by molar-refractivity contribution is 7.89. The van der Waals surface area contributed by atoms with Crippen LogP contribution in [0.5, 0.6) is 5.75 Å². The summed E-state index contributed by atoms with van der Waals surface area (Å²) in [6, 6.07) is 10.4. The van der Waals surface area contributed by atoms with E-state index in [0.717, 1.165) is 24.0 Å². The van der Waals surface area contributed by atoms with Gasteiger partial charge in [0.25, 0.3) is 5.91 Å². The summed E-state index contributed by atoms with van der Waals surface area (Å²) in [6.45, 7) is 7.04. The number of hydrogen-bond acceptors (Lipinski definition) is 4. The topological polar surface area (TPSA) is 75.7 Å². The van der Waals surface area contributed by atoms with Gasteiger partial charge in [0, 0.05) is 24.3 Å². The van der Waals surface area contributed by atoms with Crippen molar-refractivity contribution in [1.82, 2.24) is 4.31 Å². The Morgan fingerprint density at radius 3 is 2.32 bits per heavy atom. The standard InChI is InChI=1S/C21H26N2O4S/c1-4-27-19-8-7-18(14-20(19)28(25,26)23-9-5-6-10-23)22-21(24)17-12-15(2)11-16(3)13-17/h7-8,11-14H,4-6,9-10H2,1-3H3,(H,22,24). The first-order chi connectivity index (χ1) is 13.3. The molecule has 150 valence electrons. The molecule has 28 heavy (non-hydrogen) atoms. The van der Waals surface area contributed by atoms with E-state index in [0.29, 0.717) is 36.7 Å². The second kappa shape index (κ2) is 8.32. The first-order valence-corrected chi connectivity index (χ1v) is 10.9. The molecule has 1 saturated heterocycles. The van der Waals surface area contributed by atoms with Crippen molar-refractivity contribution in [3.63, 3.8) is 0 Å². The molecule has 7 heteroatoms. The van der Waals surface area contributed by atoms with Gasteiger partial charge in [0.1, 0.15) is 10.6 Å². The maximum absolute atomic E-state index is 13.1. The van der Waals surface area contributed by atoms with Crippen molar-refractivity contribution in [2.45, 2.75) is 38.5 Å². The predicted molar refractivity (Wildman–Crippen MR) is 109 cm³/mol. The molecule has 3 rings (SSSR count). The van der Waals surface area contributed by atoms with Crippen LogP contribution in [0.25, 0.3) is 0 Å². The number of carbonyl (C=O) groups excluding carboxylic acids is 1. The number of benzene rings is 2. The third-order valence-corrected chi connectivity index (χ3v) is 6.59. The van der Waals surface area contributed by atoms with Gasteiger partial charge in [-0.2, -0.15) is 4.31 Å². The Morgan fingerprint density at radius 1 is 1.07 bits per heavy atom. The quantitative estimate of drug-likeness (QED) is 0.799. The minimum Gasteiger partial charge on any atom is -0.492 e. The Balaban J connectivity index is 1.93.